The van der Waals surface area contributed by atoms with Gasteiger partial charge in [0.15, 0.2) is 0 Å². The van der Waals surface area contributed by atoms with Crippen molar-refractivity contribution in [1.82, 2.24) is 0 Å². The summed E-state index contributed by atoms with van der Waals surface area (Å²) in [5, 5.41) is 8.80. The number of aldehydes is 1. The first-order valence-corrected chi connectivity index (χ1v) is 4.96. The molecule has 0 aliphatic heterocycles. The number of rotatable bonds is 5. The van der Waals surface area contributed by atoms with Crippen LogP contribution in [-0.4, -0.2) is 18.0 Å². The zero-order chi connectivity index (χ0) is 10.4. The van der Waals surface area contributed by atoms with Gasteiger partial charge in [-0.25, -0.2) is 0 Å². The molecular weight excluding hydrogens is 176 g/mol. The van der Waals surface area contributed by atoms with Crippen molar-refractivity contribution >= 4 is 6.29 Å². The largest absolute Gasteiger partial charge is 0.396 e. The number of carbonyl (C=O) groups is 1. The van der Waals surface area contributed by atoms with Crippen LogP contribution < -0.4 is 0 Å². The Kier molecular flexibility index (Phi) is 4.33. The second kappa shape index (κ2) is 5.55. The molecular formula is C12H16O2. The lowest BCUT2D eigenvalue weighted by Gasteiger charge is -2.09. The van der Waals surface area contributed by atoms with Crippen molar-refractivity contribution in [3.05, 3.63) is 35.4 Å². The van der Waals surface area contributed by atoms with Gasteiger partial charge >= 0.3 is 0 Å². The second-order valence-electron chi connectivity index (χ2n) is 3.35. The summed E-state index contributed by atoms with van der Waals surface area (Å²) in [5.74, 6) is -0.161. The maximum absolute atomic E-state index is 10.8. The molecule has 76 valence electrons. The molecule has 1 aromatic carbocycles. The smallest absolute Gasteiger partial charge is 0.127 e. The monoisotopic (exact) mass is 192 g/mol. The molecule has 0 saturated heterocycles. The molecule has 0 heterocycles. The minimum atomic E-state index is -0.161. The number of carbonyl (C=O) groups excluding carboxylic acids is 1. The molecule has 0 spiro atoms. The summed E-state index contributed by atoms with van der Waals surface area (Å²) in [7, 11) is 0. The normalized spacial score (nSPS) is 12.4. The van der Waals surface area contributed by atoms with Gasteiger partial charge in [0, 0.05) is 12.5 Å². The molecule has 1 aromatic rings. The lowest BCUT2D eigenvalue weighted by Crippen LogP contribution is -2.03. The summed E-state index contributed by atoms with van der Waals surface area (Å²) in [4.78, 5) is 10.8. The highest BCUT2D eigenvalue weighted by Crippen LogP contribution is 2.18. The van der Waals surface area contributed by atoms with Crippen molar-refractivity contribution < 1.29 is 9.90 Å². The van der Waals surface area contributed by atoms with Gasteiger partial charge in [-0.15, -0.1) is 0 Å². The van der Waals surface area contributed by atoms with E-state index in [1.165, 1.54) is 5.56 Å². The lowest BCUT2D eigenvalue weighted by atomic mass is 9.95. The van der Waals surface area contributed by atoms with Crippen molar-refractivity contribution in [2.24, 2.45) is 0 Å². The first-order chi connectivity index (χ1) is 6.81. The lowest BCUT2D eigenvalue weighted by molar-refractivity contribution is -0.109. The average molecular weight is 192 g/mol. The molecule has 1 N–H and O–H groups in total. The maximum atomic E-state index is 10.8. The number of hydrogen-bond donors (Lipinski definition) is 1. The zero-order valence-corrected chi connectivity index (χ0v) is 8.44. The van der Waals surface area contributed by atoms with E-state index < -0.39 is 0 Å². The molecule has 1 atom stereocenters. The fourth-order valence-corrected chi connectivity index (χ4v) is 1.50. The quantitative estimate of drug-likeness (QED) is 0.724. The molecule has 0 saturated carbocycles. The van der Waals surface area contributed by atoms with Crippen LogP contribution in [0.25, 0.3) is 0 Å². The summed E-state index contributed by atoms with van der Waals surface area (Å²) in [5.41, 5.74) is 2.24. The van der Waals surface area contributed by atoms with Gasteiger partial charge < -0.3 is 9.90 Å². The molecule has 0 aliphatic rings. The Morgan fingerprint density at radius 2 is 2.29 bits per heavy atom. The van der Waals surface area contributed by atoms with Crippen LogP contribution in [0.15, 0.2) is 24.3 Å². The van der Waals surface area contributed by atoms with Crippen molar-refractivity contribution in [3.63, 3.8) is 0 Å². The Morgan fingerprint density at radius 1 is 1.50 bits per heavy atom. The van der Waals surface area contributed by atoms with Crippen LogP contribution >= 0.6 is 0 Å². The van der Waals surface area contributed by atoms with Crippen LogP contribution in [0.2, 0.25) is 0 Å². The van der Waals surface area contributed by atoms with E-state index in [2.05, 4.69) is 6.92 Å². The van der Waals surface area contributed by atoms with Crippen LogP contribution in [-0.2, 0) is 11.2 Å². The fourth-order valence-electron chi connectivity index (χ4n) is 1.50. The first-order valence-electron chi connectivity index (χ1n) is 4.96. The van der Waals surface area contributed by atoms with Gasteiger partial charge in [-0.3, -0.25) is 0 Å². The van der Waals surface area contributed by atoms with Gasteiger partial charge in [0.2, 0.25) is 0 Å². The Hall–Kier alpha value is -1.15. The standard InChI is InChI=1S/C12H16O2/c1-2-10-4-3-5-11(8-10)12(9-14)6-7-13/h3-5,8-9,12-13H,2,6-7H2,1H3. The Balaban J connectivity index is 2.86. The molecule has 0 fully saturated rings. The highest BCUT2D eigenvalue weighted by atomic mass is 16.3. The topological polar surface area (TPSA) is 37.3 Å². The van der Waals surface area contributed by atoms with Gasteiger partial charge in [-0.05, 0) is 24.0 Å². The van der Waals surface area contributed by atoms with E-state index in [1.54, 1.807) is 0 Å². The van der Waals surface area contributed by atoms with E-state index in [0.29, 0.717) is 6.42 Å². The van der Waals surface area contributed by atoms with Crippen LogP contribution in [0, 0.1) is 0 Å². The van der Waals surface area contributed by atoms with Crippen molar-refractivity contribution in [3.8, 4) is 0 Å². The predicted octanol–water partition coefficient (Wildman–Crippen LogP) is 1.91. The summed E-state index contributed by atoms with van der Waals surface area (Å²) in [6.07, 6.45) is 2.39. The van der Waals surface area contributed by atoms with Gasteiger partial charge in [-0.1, -0.05) is 31.2 Å². The summed E-state index contributed by atoms with van der Waals surface area (Å²) < 4.78 is 0. The Labute approximate surface area is 84.6 Å². The maximum Gasteiger partial charge on any atom is 0.127 e. The predicted molar refractivity (Wildman–Crippen MR) is 56.3 cm³/mol. The van der Waals surface area contributed by atoms with Gasteiger partial charge in [0.05, 0.1) is 0 Å². The van der Waals surface area contributed by atoms with Crippen molar-refractivity contribution in [1.29, 1.82) is 0 Å². The van der Waals surface area contributed by atoms with Gasteiger partial charge in [0.25, 0.3) is 0 Å². The van der Waals surface area contributed by atoms with E-state index in [-0.39, 0.29) is 12.5 Å². The average Bonchev–Trinajstić information content (AvgIpc) is 2.26. The number of aliphatic hydroxyl groups is 1. The molecule has 1 unspecified atom stereocenters. The number of aryl methyl sites for hydroxylation is 1. The number of benzene rings is 1. The van der Waals surface area contributed by atoms with E-state index in [1.807, 2.05) is 24.3 Å². The van der Waals surface area contributed by atoms with Crippen LogP contribution in [0.3, 0.4) is 0 Å². The SMILES string of the molecule is CCc1cccc(C(C=O)CCO)c1. The first kappa shape index (κ1) is 10.9. The van der Waals surface area contributed by atoms with E-state index in [0.717, 1.165) is 18.3 Å². The number of aliphatic hydroxyl groups excluding tert-OH is 1. The van der Waals surface area contributed by atoms with Crippen LogP contribution in [0.1, 0.15) is 30.4 Å². The number of hydrogen-bond acceptors (Lipinski definition) is 2. The molecule has 14 heavy (non-hydrogen) atoms. The van der Waals surface area contributed by atoms with Crippen LogP contribution in [0.4, 0.5) is 0 Å². The van der Waals surface area contributed by atoms with Gasteiger partial charge in [0.1, 0.15) is 6.29 Å². The highest BCUT2D eigenvalue weighted by Gasteiger charge is 2.09. The van der Waals surface area contributed by atoms with Crippen molar-refractivity contribution in [2.45, 2.75) is 25.7 Å². The summed E-state index contributed by atoms with van der Waals surface area (Å²) in [6, 6.07) is 7.98. The molecule has 0 aromatic heterocycles. The third-order valence-corrected chi connectivity index (χ3v) is 2.39. The van der Waals surface area contributed by atoms with E-state index in [9.17, 15) is 4.79 Å². The van der Waals surface area contributed by atoms with E-state index in [4.69, 9.17) is 5.11 Å². The van der Waals surface area contributed by atoms with Crippen LogP contribution in [0.5, 0.6) is 0 Å². The molecule has 0 bridgehead atoms. The molecule has 2 nitrogen and oxygen atoms in total. The highest BCUT2D eigenvalue weighted by molar-refractivity contribution is 5.62. The van der Waals surface area contributed by atoms with Crippen molar-refractivity contribution in [2.75, 3.05) is 6.61 Å². The van der Waals surface area contributed by atoms with Gasteiger partial charge in [-0.2, -0.15) is 0 Å². The molecule has 1 rings (SSSR count). The fraction of sp³-hybridized carbons (Fsp3) is 0.417. The Bertz CT molecular complexity index is 294. The zero-order valence-electron chi connectivity index (χ0n) is 8.44. The summed E-state index contributed by atoms with van der Waals surface area (Å²) >= 11 is 0. The Morgan fingerprint density at radius 3 is 2.86 bits per heavy atom. The molecule has 0 radical (unpaired) electrons. The third-order valence-electron chi connectivity index (χ3n) is 2.39. The minimum absolute atomic E-state index is 0.0553. The molecule has 0 aliphatic carbocycles. The van der Waals surface area contributed by atoms with E-state index >= 15 is 0 Å². The molecule has 2 heteroatoms. The second-order valence-corrected chi connectivity index (χ2v) is 3.35. The summed E-state index contributed by atoms with van der Waals surface area (Å²) in [6.45, 7) is 2.14. The minimum Gasteiger partial charge on any atom is -0.396 e. The molecule has 0 amide bonds. The third kappa shape index (κ3) is 2.67.